The molecule has 0 unspecified atom stereocenters. The largest absolute Gasteiger partial charge is 0.322 e. The highest BCUT2D eigenvalue weighted by Crippen LogP contribution is 2.20. The van der Waals surface area contributed by atoms with E-state index in [2.05, 4.69) is 31.1 Å². The lowest BCUT2D eigenvalue weighted by molar-refractivity contribution is 0.143. The van der Waals surface area contributed by atoms with Crippen molar-refractivity contribution in [2.75, 3.05) is 31.5 Å². The Labute approximate surface area is 148 Å². The van der Waals surface area contributed by atoms with Gasteiger partial charge in [-0.25, -0.2) is 9.18 Å². The van der Waals surface area contributed by atoms with E-state index in [-0.39, 0.29) is 11.7 Å². The number of nitrogens with one attached hydrogen (secondary N) is 1. The third-order valence-electron chi connectivity index (χ3n) is 3.99. The van der Waals surface area contributed by atoms with Gasteiger partial charge in [-0.05, 0) is 35.9 Å². The van der Waals surface area contributed by atoms with Gasteiger partial charge in [0.2, 0.25) is 0 Å². The standard InChI is InChI=1S/C17H18BrFN4O/c18-14-1-2-16(15(19)11-14)21-17(24)23-9-7-22(8-10-23)12-13-3-5-20-6-4-13/h1-6,11H,7-10,12H2,(H,21,24). The Hall–Kier alpha value is -1.99. The molecule has 1 aliphatic heterocycles. The molecule has 0 atom stereocenters. The summed E-state index contributed by atoms with van der Waals surface area (Å²) < 4.78 is 14.4. The van der Waals surface area contributed by atoms with E-state index in [1.165, 1.54) is 11.6 Å². The van der Waals surface area contributed by atoms with Crippen LogP contribution in [0.4, 0.5) is 14.9 Å². The van der Waals surface area contributed by atoms with Crippen LogP contribution < -0.4 is 5.32 Å². The fourth-order valence-electron chi connectivity index (χ4n) is 2.64. The predicted molar refractivity (Wildman–Crippen MR) is 94.2 cm³/mol. The van der Waals surface area contributed by atoms with Crippen LogP contribution in [0.3, 0.4) is 0 Å². The first-order valence-corrected chi connectivity index (χ1v) is 8.53. The van der Waals surface area contributed by atoms with Gasteiger partial charge in [-0.15, -0.1) is 0 Å². The van der Waals surface area contributed by atoms with E-state index < -0.39 is 5.82 Å². The van der Waals surface area contributed by atoms with E-state index in [4.69, 9.17) is 0 Å². The first kappa shape index (κ1) is 16.9. The SMILES string of the molecule is O=C(Nc1ccc(Br)cc1F)N1CCN(Cc2ccncc2)CC1. The zero-order chi connectivity index (χ0) is 16.9. The summed E-state index contributed by atoms with van der Waals surface area (Å²) in [5.74, 6) is -0.450. The second-order valence-corrected chi connectivity index (χ2v) is 6.59. The van der Waals surface area contributed by atoms with Crippen molar-refractivity contribution in [3.05, 3.63) is 58.6 Å². The van der Waals surface area contributed by atoms with Gasteiger partial charge >= 0.3 is 6.03 Å². The number of nitrogens with zero attached hydrogens (tertiary/aromatic N) is 3. The van der Waals surface area contributed by atoms with E-state index in [1.54, 1.807) is 29.4 Å². The van der Waals surface area contributed by atoms with Crippen LogP contribution in [0.2, 0.25) is 0 Å². The van der Waals surface area contributed by atoms with Crippen molar-refractivity contribution < 1.29 is 9.18 Å². The highest BCUT2D eigenvalue weighted by atomic mass is 79.9. The Bertz CT molecular complexity index is 705. The molecule has 1 aliphatic rings. The topological polar surface area (TPSA) is 48.5 Å². The average Bonchev–Trinajstić information content (AvgIpc) is 2.59. The summed E-state index contributed by atoms with van der Waals surface area (Å²) in [6, 6.07) is 8.31. The first-order valence-electron chi connectivity index (χ1n) is 7.74. The van der Waals surface area contributed by atoms with E-state index in [9.17, 15) is 9.18 Å². The second kappa shape index (κ2) is 7.72. The van der Waals surface area contributed by atoms with Crippen molar-refractivity contribution in [2.24, 2.45) is 0 Å². The van der Waals surface area contributed by atoms with Crippen molar-refractivity contribution >= 4 is 27.6 Å². The monoisotopic (exact) mass is 392 g/mol. The number of benzene rings is 1. The number of rotatable bonds is 3. The molecule has 1 aromatic carbocycles. The summed E-state index contributed by atoms with van der Waals surface area (Å²) >= 11 is 3.20. The fourth-order valence-corrected chi connectivity index (χ4v) is 2.97. The van der Waals surface area contributed by atoms with E-state index >= 15 is 0 Å². The molecule has 5 nitrogen and oxygen atoms in total. The summed E-state index contributed by atoms with van der Waals surface area (Å²) in [6.07, 6.45) is 3.57. The molecule has 0 spiro atoms. The normalized spacial score (nSPS) is 15.3. The summed E-state index contributed by atoms with van der Waals surface area (Å²) in [7, 11) is 0. The van der Waals surface area contributed by atoms with Gasteiger partial charge in [0.25, 0.3) is 0 Å². The minimum atomic E-state index is -0.450. The van der Waals surface area contributed by atoms with Gasteiger partial charge in [-0.1, -0.05) is 15.9 Å². The Morgan fingerprint density at radius 1 is 1.17 bits per heavy atom. The third kappa shape index (κ3) is 4.30. The number of pyridine rings is 1. The van der Waals surface area contributed by atoms with Crippen molar-refractivity contribution in [2.45, 2.75) is 6.54 Å². The zero-order valence-electron chi connectivity index (χ0n) is 13.1. The van der Waals surface area contributed by atoms with Crippen LogP contribution in [0.25, 0.3) is 0 Å². The van der Waals surface area contributed by atoms with Crippen molar-refractivity contribution in [1.82, 2.24) is 14.8 Å². The van der Waals surface area contributed by atoms with Crippen LogP contribution in [-0.2, 0) is 6.54 Å². The van der Waals surface area contributed by atoms with Crippen molar-refractivity contribution in [3.63, 3.8) is 0 Å². The Morgan fingerprint density at radius 3 is 2.54 bits per heavy atom. The number of hydrogen-bond acceptors (Lipinski definition) is 3. The highest BCUT2D eigenvalue weighted by Gasteiger charge is 2.21. The van der Waals surface area contributed by atoms with Crippen LogP contribution in [0.5, 0.6) is 0 Å². The molecule has 7 heteroatoms. The molecule has 1 saturated heterocycles. The lowest BCUT2D eigenvalue weighted by atomic mass is 10.2. The molecule has 1 aromatic heterocycles. The second-order valence-electron chi connectivity index (χ2n) is 5.67. The predicted octanol–water partition coefficient (Wildman–Crippen LogP) is 3.33. The van der Waals surface area contributed by atoms with Crippen LogP contribution in [0.1, 0.15) is 5.56 Å². The lowest BCUT2D eigenvalue weighted by Gasteiger charge is -2.34. The van der Waals surface area contributed by atoms with E-state index in [1.807, 2.05) is 12.1 Å². The quantitative estimate of drug-likeness (QED) is 0.871. The maximum Gasteiger partial charge on any atom is 0.322 e. The molecule has 0 radical (unpaired) electrons. The first-order chi connectivity index (χ1) is 11.6. The number of halogens is 2. The van der Waals surface area contributed by atoms with Gasteiger partial charge in [0.1, 0.15) is 5.82 Å². The lowest BCUT2D eigenvalue weighted by Crippen LogP contribution is -2.49. The maximum atomic E-state index is 13.8. The molecule has 1 N–H and O–H groups in total. The fraction of sp³-hybridized carbons (Fsp3) is 0.294. The van der Waals surface area contributed by atoms with E-state index in [0.717, 1.165) is 19.6 Å². The van der Waals surface area contributed by atoms with Crippen LogP contribution in [0.15, 0.2) is 47.2 Å². The molecular weight excluding hydrogens is 375 g/mol. The minimum Gasteiger partial charge on any atom is -0.322 e. The molecular formula is C17H18BrFN4O. The number of carbonyl (C=O) groups excluding carboxylic acids is 1. The summed E-state index contributed by atoms with van der Waals surface area (Å²) in [4.78, 5) is 20.3. The number of urea groups is 1. The number of piperazine rings is 1. The number of carbonyl (C=O) groups is 1. The molecule has 2 amide bonds. The molecule has 126 valence electrons. The van der Waals surface area contributed by atoms with Gasteiger partial charge in [-0.3, -0.25) is 9.88 Å². The Balaban J connectivity index is 1.51. The molecule has 24 heavy (non-hydrogen) atoms. The maximum absolute atomic E-state index is 13.8. The number of hydrogen-bond donors (Lipinski definition) is 1. The molecule has 0 saturated carbocycles. The summed E-state index contributed by atoms with van der Waals surface area (Å²) in [5, 5.41) is 2.64. The third-order valence-corrected chi connectivity index (χ3v) is 4.48. The van der Waals surface area contributed by atoms with Crippen molar-refractivity contribution in [3.8, 4) is 0 Å². The molecule has 2 heterocycles. The summed E-state index contributed by atoms with van der Waals surface area (Å²) in [6.45, 7) is 3.67. The van der Waals surface area contributed by atoms with Gasteiger partial charge in [0, 0.05) is 49.6 Å². The van der Waals surface area contributed by atoms with Crippen LogP contribution >= 0.6 is 15.9 Å². The van der Waals surface area contributed by atoms with E-state index in [0.29, 0.717) is 17.6 Å². The van der Waals surface area contributed by atoms with Gasteiger partial charge in [0.15, 0.2) is 0 Å². The average molecular weight is 393 g/mol. The molecule has 3 rings (SSSR count). The molecule has 0 aliphatic carbocycles. The summed E-state index contributed by atoms with van der Waals surface area (Å²) in [5.41, 5.74) is 1.40. The van der Waals surface area contributed by atoms with Gasteiger partial charge < -0.3 is 10.2 Å². The van der Waals surface area contributed by atoms with Crippen LogP contribution in [-0.4, -0.2) is 47.0 Å². The number of aromatic nitrogens is 1. The van der Waals surface area contributed by atoms with Gasteiger partial charge in [0.05, 0.1) is 5.69 Å². The highest BCUT2D eigenvalue weighted by molar-refractivity contribution is 9.10. The van der Waals surface area contributed by atoms with Crippen LogP contribution in [0, 0.1) is 5.82 Å². The Morgan fingerprint density at radius 2 is 1.88 bits per heavy atom. The Kier molecular flexibility index (Phi) is 5.42. The molecule has 2 aromatic rings. The number of amides is 2. The molecule has 1 fully saturated rings. The van der Waals surface area contributed by atoms with Gasteiger partial charge in [-0.2, -0.15) is 0 Å². The van der Waals surface area contributed by atoms with Crippen molar-refractivity contribution in [1.29, 1.82) is 0 Å². The molecule has 0 bridgehead atoms. The zero-order valence-corrected chi connectivity index (χ0v) is 14.7. The minimum absolute atomic E-state index is 0.197. The number of anilines is 1. The smallest absolute Gasteiger partial charge is 0.322 e.